The summed E-state index contributed by atoms with van der Waals surface area (Å²) < 4.78 is 2.15. The van der Waals surface area contributed by atoms with E-state index in [1.54, 1.807) is 0 Å². The van der Waals surface area contributed by atoms with Gasteiger partial charge in [-0.15, -0.1) is 10.2 Å². The van der Waals surface area contributed by atoms with Crippen LogP contribution in [-0.2, 0) is 11.3 Å². The minimum Gasteiger partial charge on any atom is -0.325 e. The number of nitrogens with zero attached hydrogens (tertiary/aromatic N) is 4. The lowest BCUT2D eigenvalue weighted by Crippen LogP contribution is -2.25. The Balaban J connectivity index is 1.55. The number of hydrogen-bond donors (Lipinski definition) is 1. The van der Waals surface area contributed by atoms with Crippen LogP contribution in [0.15, 0.2) is 78.0 Å². The molecule has 4 rings (SSSR count). The van der Waals surface area contributed by atoms with Crippen molar-refractivity contribution in [2.24, 2.45) is 0 Å². The first-order valence-corrected chi connectivity index (χ1v) is 12.4. The highest BCUT2D eigenvalue weighted by molar-refractivity contribution is 8.00. The van der Waals surface area contributed by atoms with Gasteiger partial charge in [-0.1, -0.05) is 79.3 Å². The molecule has 1 amide bonds. The van der Waals surface area contributed by atoms with Gasteiger partial charge in [-0.25, -0.2) is 0 Å². The van der Waals surface area contributed by atoms with Crippen LogP contribution in [0.2, 0.25) is 0 Å². The molecular formula is C27H31N5OS. The third-order valence-electron chi connectivity index (χ3n) is 5.91. The average molecular weight is 474 g/mol. The molecule has 3 aromatic carbocycles. The summed E-state index contributed by atoms with van der Waals surface area (Å²) in [7, 11) is 4.12. The van der Waals surface area contributed by atoms with E-state index in [0.717, 1.165) is 33.9 Å². The first kappa shape index (κ1) is 24.0. The molecule has 176 valence electrons. The Bertz CT molecular complexity index is 1250. The van der Waals surface area contributed by atoms with Crippen molar-refractivity contribution >= 4 is 34.1 Å². The van der Waals surface area contributed by atoms with Gasteiger partial charge >= 0.3 is 0 Å². The SMILES string of the molecule is CCC(c1nnc(SC(C)C(=O)Nc2ccc3ccccc3c2)n1Cc1ccccc1)N(C)C. The van der Waals surface area contributed by atoms with Crippen LogP contribution >= 0.6 is 11.8 Å². The molecule has 0 aliphatic carbocycles. The maximum absolute atomic E-state index is 13.0. The molecule has 7 heteroatoms. The van der Waals surface area contributed by atoms with E-state index in [0.29, 0.717) is 6.54 Å². The number of anilines is 1. The minimum atomic E-state index is -0.336. The second-order valence-electron chi connectivity index (χ2n) is 8.61. The molecule has 0 radical (unpaired) electrons. The summed E-state index contributed by atoms with van der Waals surface area (Å²) in [6, 6.07) is 24.5. The number of benzene rings is 3. The van der Waals surface area contributed by atoms with Gasteiger partial charge in [0.1, 0.15) is 0 Å². The standard InChI is InChI=1S/C27H31N5OS/c1-5-24(31(3)4)25-29-30-27(32(25)18-20-11-7-6-8-12-20)34-19(2)26(33)28-23-16-15-21-13-9-10-14-22(21)17-23/h6-17,19,24H,5,18H2,1-4H3,(H,28,33). The van der Waals surface area contributed by atoms with Gasteiger partial charge in [-0.2, -0.15) is 0 Å². The molecule has 2 unspecified atom stereocenters. The van der Waals surface area contributed by atoms with Crippen LogP contribution in [0.1, 0.15) is 37.7 Å². The maximum Gasteiger partial charge on any atom is 0.237 e. The van der Waals surface area contributed by atoms with Crippen molar-refractivity contribution in [1.82, 2.24) is 19.7 Å². The predicted octanol–water partition coefficient (Wildman–Crippen LogP) is 5.61. The lowest BCUT2D eigenvalue weighted by Gasteiger charge is -2.23. The second kappa shape index (κ2) is 10.8. The van der Waals surface area contributed by atoms with Crippen LogP contribution in [-0.4, -0.2) is 44.9 Å². The summed E-state index contributed by atoms with van der Waals surface area (Å²) in [6.07, 6.45) is 0.919. The van der Waals surface area contributed by atoms with Crippen LogP contribution in [0, 0.1) is 0 Å². The van der Waals surface area contributed by atoms with Gasteiger partial charge in [-0.05, 0) is 55.9 Å². The minimum absolute atomic E-state index is 0.0595. The average Bonchev–Trinajstić information content (AvgIpc) is 3.21. The summed E-state index contributed by atoms with van der Waals surface area (Å²) in [5.41, 5.74) is 1.97. The van der Waals surface area contributed by atoms with E-state index in [4.69, 9.17) is 0 Å². The topological polar surface area (TPSA) is 63.1 Å². The van der Waals surface area contributed by atoms with Crippen LogP contribution in [0.3, 0.4) is 0 Å². The largest absolute Gasteiger partial charge is 0.325 e. The normalized spacial score (nSPS) is 13.2. The number of aromatic nitrogens is 3. The van der Waals surface area contributed by atoms with E-state index in [9.17, 15) is 4.79 Å². The highest BCUT2D eigenvalue weighted by Gasteiger charge is 2.25. The smallest absolute Gasteiger partial charge is 0.237 e. The fourth-order valence-corrected chi connectivity index (χ4v) is 4.91. The third kappa shape index (κ3) is 5.48. The number of carbonyl (C=O) groups is 1. The Morgan fingerprint density at radius 3 is 2.41 bits per heavy atom. The monoisotopic (exact) mass is 473 g/mol. The van der Waals surface area contributed by atoms with Crippen LogP contribution in [0.25, 0.3) is 10.8 Å². The van der Waals surface area contributed by atoms with Crippen molar-refractivity contribution in [2.45, 2.75) is 43.3 Å². The summed E-state index contributed by atoms with van der Waals surface area (Å²) in [5.74, 6) is 0.858. The number of rotatable bonds is 9. The number of amides is 1. The number of hydrogen-bond acceptors (Lipinski definition) is 5. The molecule has 0 aliphatic heterocycles. The molecule has 34 heavy (non-hydrogen) atoms. The van der Waals surface area contributed by atoms with Gasteiger partial charge in [0.15, 0.2) is 11.0 Å². The number of thioether (sulfide) groups is 1. The summed E-state index contributed by atoms with van der Waals surface area (Å²) >= 11 is 1.44. The van der Waals surface area contributed by atoms with Gasteiger partial charge in [-0.3, -0.25) is 9.69 Å². The maximum atomic E-state index is 13.0. The first-order valence-electron chi connectivity index (χ1n) is 11.6. The Labute approximate surface area is 205 Å². The predicted molar refractivity (Wildman–Crippen MR) is 140 cm³/mol. The van der Waals surface area contributed by atoms with E-state index in [1.807, 2.05) is 61.5 Å². The highest BCUT2D eigenvalue weighted by Crippen LogP contribution is 2.29. The van der Waals surface area contributed by atoms with Crippen molar-refractivity contribution in [1.29, 1.82) is 0 Å². The third-order valence-corrected chi connectivity index (χ3v) is 6.99. The van der Waals surface area contributed by atoms with Crippen molar-refractivity contribution in [3.8, 4) is 0 Å². The van der Waals surface area contributed by atoms with Crippen molar-refractivity contribution < 1.29 is 4.79 Å². The van der Waals surface area contributed by atoms with E-state index in [-0.39, 0.29) is 17.2 Å². The van der Waals surface area contributed by atoms with E-state index in [2.05, 4.69) is 64.2 Å². The lowest BCUT2D eigenvalue weighted by molar-refractivity contribution is -0.115. The van der Waals surface area contributed by atoms with Gasteiger partial charge in [0.05, 0.1) is 17.8 Å². The van der Waals surface area contributed by atoms with Gasteiger partial charge in [0.2, 0.25) is 5.91 Å². The molecule has 0 saturated carbocycles. The zero-order valence-corrected chi connectivity index (χ0v) is 20.9. The Morgan fingerprint density at radius 2 is 1.71 bits per heavy atom. The highest BCUT2D eigenvalue weighted by atomic mass is 32.2. The molecular weight excluding hydrogens is 442 g/mol. The molecule has 4 aromatic rings. The summed E-state index contributed by atoms with van der Waals surface area (Å²) in [6.45, 7) is 4.72. The number of fused-ring (bicyclic) bond motifs is 1. The zero-order chi connectivity index (χ0) is 24.1. The molecule has 0 spiro atoms. The van der Waals surface area contributed by atoms with Crippen molar-refractivity contribution in [2.75, 3.05) is 19.4 Å². The van der Waals surface area contributed by atoms with Crippen molar-refractivity contribution in [3.05, 3.63) is 84.2 Å². The number of carbonyl (C=O) groups excluding carboxylic acids is 1. The molecule has 0 saturated heterocycles. The molecule has 0 bridgehead atoms. The Morgan fingerprint density at radius 1 is 1.00 bits per heavy atom. The Hall–Kier alpha value is -3.16. The lowest BCUT2D eigenvalue weighted by atomic mass is 10.1. The van der Waals surface area contributed by atoms with E-state index < -0.39 is 0 Å². The molecule has 2 atom stereocenters. The summed E-state index contributed by atoms with van der Waals surface area (Å²) in [5, 5.41) is 14.8. The van der Waals surface area contributed by atoms with Crippen LogP contribution < -0.4 is 5.32 Å². The van der Waals surface area contributed by atoms with Gasteiger partial charge in [0.25, 0.3) is 0 Å². The van der Waals surface area contributed by atoms with E-state index in [1.165, 1.54) is 17.3 Å². The molecule has 1 aromatic heterocycles. The second-order valence-corrected chi connectivity index (χ2v) is 9.92. The van der Waals surface area contributed by atoms with Crippen LogP contribution in [0.4, 0.5) is 5.69 Å². The Kier molecular flexibility index (Phi) is 7.65. The van der Waals surface area contributed by atoms with Crippen molar-refractivity contribution in [3.63, 3.8) is 0 Å². The zero-order valence-electron chi connectivity index (χ0n) is 20.1. The number of nitrogens with one attached hydrogen (secondary N) is 1. The van der Waals surface area contributed by atoms with Gasteiger partial charge < -0.3 is 9.88 Å². The molecule has 1 heterocycles. The first-order chi connectivity index (χ1) is 16.5. The fourth-order valence-electron chi connectivity index (χ4n) is 4.05. The van der Waals surface area contributed by atoms with Gasteiger partial charge in [0, 0.05) is 5.69 Å². The summed E-state index contributed by atoms with van der Waals surface area (Å²) in [4.78, 5) is 15.2. The van der Waals surface area contributed by atoms with E-state index >= 15 is 0 Å². The molecule has 6 nitrogen and oxygen atoms in total. The molecule has 0 aliphatic rings. The molecule has 0 fully saturated rings. The fraction of sp³-hybridized carbons (Fsp3) is 0.296. The van der Waals surface area contributed by atoms with Crippen LogP contribution in [0.5, 0.6) is 0 Å². The quantitative estimate of drug-likeness (QED) is 0.320. The molecule has 1 N–H and O–H groups in total.